The second-order valence-corrected chi connectivity index (χ2v) is 4.33. The lowest BCUT2D eigenvalue weighted by molar-refractivity contribution is 0.574. The first kappa shape index (κ1) is 12.4. The summed E-state index contributed by atoms with van der Waals surface area (Å²) in [5.41, 5.74) is 2.19. The lowest BCUT2D eigenvalue weighted by Crippen LogP contribution is -2.09. The molecule has 3 heterocycles. The van der Waals surface area contributed by atoms with Crippen LogP contribution < -0.4 is 0 Å². The second-order valence-electron chi connectivity index (χ2n) is 4.33. The Morgan fingerprint density at radius 3 is 1.80 bits per heavy atom. The predicted molar refractivity (Wildman–Crippen MR) is 73.6 cm³/mol. The van der Waals surface area contributed by atoms with Gasteiger partial charge in [0.25, 0.3) is 0 Å². The molecule has 3 aromatic heterocycles. The molecular formula is C16H12FN3. The van der Waals surface area contributed by atoms with Gasteiger partial charge in [0.05, 0.1) is 23.0 Å². The maximum Gasteiger partial charge on any atom is 0.213 e. The van der Waals surface area contributed by atoms with Crippen molar-refractivity contribution in [2.24, 2.45) is 0 Å². The third-order valence-corrected chi connectivity index (χ3v) is 3.00. The summed E-state index contributed by atoms with van der Waals surface area (Å²) < 4.78 is 13.4. The van der Waals surface area contributed by atoms with E-state index in [1.54, 1.807) is 24.5 Å². The van der Waals surface area contributed by atoms with Gasteiger partial charge in [-0.2, -0.15) is 4.39 Å². The van der Waals surface area contributed by atoms with Crippen molar-refractivity contribution in [3.63, 3.8) is 0 Å². The van der Waals surface area contributed by atoms with Gasteiger partial charge in [-0.05, 0) is 36.4 Å². The Labute approximate surface area is 116 Å². The van der Waals surface area contributed by atoms with E-state index in [4.69, 9.17) is 0 Å². The minimum Gasteiger partial charge on any atom is -0.260 e. The summed E-state index contributed by atoms with van der Waals surface area (Å²) in [5, 5.41) is 0. The van der Waals surface area contributed by atoms with Crippen molar-refractivity contribution in [1.82, 2.24) is 15.0 Å². The summed E-state index contributed by atoms with van der Waals surface area (Å²) in [7, 11) is 0. The fourth-order valence-corrected chi connectivity index (χ4v) is 2.13. The van der Waals surface area contributed by atoms with E-state index in [0.717, 1.165) is 11.4 Å². The van der Waals surface area contributed by atoms with Crippen molar-refractivity contribution in [3.8, 4) is 0 Å². The summed E-state index contributed by atoms with van der Waals surface area (Å²) in [4.78, 5) is 12.7. The monoisotopic (exact) mass is 265 g/mol. The van der Waals surface area contributed by atoms with E-state index in [1.165, 1.54) is 6.07 Å². The molecule has 3 rings (SSSR count). The van der Waals surface area contributed by atoms with Crippen molar-refractivity contribution in [2.75, 3.05) is 0 Å². The van der Waals surface area contributed by atoms with Crippen LogP contribution in [0.4, 0.5) is 4.39 Å². The minimum absolute atomic E-state index is 0.270. The largest absolute Gasteiger partial charge is 0.260 e. The Balaban J connectivity index is 2.14. The first-order chi connectivity index (χ1) is 9.84. The number of halogens is 1. The molecule has 0 atom stereocenters. The molecule has 0 aliphatic carbocycles. The van der Waals surface area contributed by atoms with E-state index in [2.05, 4.69) is 15.0 Å². The van der Waals surface area contributed by atoms with Crippen LogP contribution >= 0.6 is 0 Å². The summed E-state index contributed by atoms with van der Waals surface area (Å²) in [5.74, 6) is -0.771. The Morgan fingerprint density at radius 1 is 0.700 bits per heavy atom. The van der Waals surface area contributed by atoms with Crippen molar-refractivity contribution in [3.05, 3.63) is 90.0 Å². The number of nitrogens with zero attached hydrogens (tertiary/aromatic N) is 3. The zero-order valence-electron chi connectivity index (χ0n) is 10.6. The standard InChI is InChI=1S/C16H12FN3/c17-15-9-5-8-14(20-15)16(12-6-1-3-10-18-12)13-7-2-4-11-19-13/h1-11,16H. The molecule has 0 aliphatic rings. The van der Waals surface area contributed by atoms with E-state index in [0.29, 0.717) is 5.69 Å². The molecule has 0 bridgehead atoms. The molecular weight excluding hydrogens is 253 g/mol. The Bertz CT molecular complexity index is 647. The molecule has 0 radical (unpaired) electrons. The van der Waals surface area contributed by atoms with E-state index < -0.39 is 5.95 Å². The van der Waals surface area contributed by atoms with Crippen LogP contribution in [0.15, 0.2) is 67.0 Å². The van der Waals surface area contributed by atoms with Crippen molar-refractivity contribution < 1.29 is 4.39 Å². The first-order valence-electron chi connectivity index (χ1n) is 6.29. The van der Waals surface area contributed by atoms with Gasteiger partial charge in [-0.3, -0.25) is 9.97 Å². The maximum absolute atomic E-state index is 13.4. The van der Waals surface area contributed by atoms with Crippen molar-refractivity contribution >= 4 is 0 Å². The fraction of sp³-hybridized carbons (Fsp3) is 0.0625. The zero-order chi connectivity index (χ0) is 13.8. The molecule has 98 valence electrons. The highest BCUT2D eigenvalue weighted by molar-refractivity contribution is 5.33. The van der Waals surface area contributed by atoms with Gasteiger partial charge >= 0.3 is 0 Å². The van der Waals surface area contributed by atoms with Gasteiger partial charge in [0.1, 0.15) is 0 Å². The van der Waals surface area contributed by atoms with E-state index in [-0.39, 0.29) is 5.92 Å². The highest BCUT2D eigenvalue weighted by Crippen LogP contribution is 2.27. The molecule has 0 aromatic carbocycles. The van der Waals surface area contributed by atoms with Crippen LogP contribution in [0.3, 0.4) is 0 Å². The highest BCUT2D eigenvalue weighted by Gasteiger charge is 2.20. The van der Waals surface area contributed by atoms with Crippen LogP contribution in [0.25, 0.3) is 0 Å². The van der Waals surface area contributed by atoms with Crippen LogP contribution in [0.5, 0.6) is 0 Å². The smallest absolute Gasteiger partial charge is 0.213 e. The predicted octanol–water partition coefficient (Wildman–Crippen LogP) is 3.19. The first-order valence-corrected chi connectivity index (χ1v) is 6.29. The molecule has 3 aromatic rings. The molecule has 0 aliphatic heterocycles. The van der Waals surface area contributed by atoms with Gasteiger partial charge in [-0.1, -0.05) is 18.2 Å². The molecule has 0 saturated carbocycles. The Kier molecular flexibility index (Phi) is 3.46. The number of rotatable bonds is 3. The average molecular weight is 265 g/mol. The molecule has 0 N–H and O–H groups in total. The lowest BCUT2D eigenvalue weighted by atomic mass is 9.95. The number of pyridine rings is 3. The van der Waals surface area contributed by atoms with E-state index >= 15 is 0 Å². The number of hydrogen-bond donors (Lipinski definition) is 0. The zero-order valence-corrected chi connectivity index (χ0v) is 10.6. The number of aromatic nitrogens is 3. The summed E-state index contributed by atoms with van der Waals surface area (Å²) in [6.07, 6.45) is 3.43. The van der Waals surface area contributed by atoms with Crippen molar-refractivity contribution in [1.29, 1.82) is 0 Å². The van der Waals surface area contributed by atoms with Crippen LogP contribution in [-0.2, 0) is 0 Å². The van der Waals surface area contributed by atoms with E-state index in [1.807, 2.05) is 36.4 Å². The maximum atomic E-state index is 13.4. The minimum atomic E-state index is -0.501. The highest BCUT2D eigenvalue weighted by atomic mass is 19.1. The van der Waals surface area contributed by atoms with Crippen LogP contribution in [0, 0.1) is 5.95 Å². The molecule has 0 amide bonds. The Morgan fingerprint density at radius 2 is 1.30 bits per heavy atom. The summed E-state index contributed by atoms with van der Waals surface area (Å²) >= 11 is 0. The quantitative estimate of drug-likeness (QED) is 0.683. The van der Waals surface area contributed by atoms with Crippen molar-refractivity contribution in [2.45, 2.75) is 5.92 Å². The Hall–Kier alpha value is -2.62. The average Bonchev–Trinajstić information content (AvgIpc) is 2.50. The van der Waals surface area contributed by atoms with Crippen LogP contribution in [0.2, 0.25) is 0 Å². The van der Waals surface area contributed by atoms with Gasteiger partial charge in [0.2, 0.25) is 5.95 Å². The molecule has 0 unspecified atom stereocenters. The van der Waals surface area contributed by atoms with Crippen LogP contribution in [0.1, 0.15) is 23.0 Å². The normalized spacial score (nSPS) is 10.7. The molecule has 20 heavy (non-hydrogen) atoms. The molecule has 3 nitrogen and oxygen atoms in total. The third-order valence-electron chi connectivity index (χ3n) is 3.00. The SMILES string of the molecule is Fc1cccc(C(c2ccccn2)c2ccccn2)n1. The lowest BCUT2D eigenvalue weighted by Gasteiger charge is -2.15. The summed E-state index contributed by atoms with van der Waals surface area (Å²) in [6, 6.07) is 16.0. The van der Waals surface area contributed by atoms with E-state index in [9.17, 15) is 4.39 Å². The third kappa shape index (κ3) is 2.54. The molecule has 0 spiro atoms. The number of hydrogen-bond acceptors (Lipinski definition) is 3. The van der Waals surface area contributed by atoms with Gasteiger partial charge in [0.15, 0.2) is 0 Å². The summed E-state index contributed by atoms with van der Waals surface area (Å²) in [6.45, 7) is 0. The fourth-order valence-electron chi connectivity index (χ4n) is 2.13. The second kappa shape index (κ2) is 5.57. The van der Waals surface area contributed by atoms with Gasteiger partial charge in [0, 0.05) is 12.4 Å². The molecule has 0 saturated heterocycles. The topological polar surface area (TPSA) is 38.7 Å². The van der Waals surface area contributed by atoms with Gasteiger partial charge in [-0.15, -0.1) is 0 Å². The van der Waals surface area contributed by atoms with Gasteiger partial charge < -0.3 is 0 Å². The molecule has 4 heteroatoms. The van der Waals surface area contributed by atoms with Crippen LogP contribution in [-0.4, -0.2) is 15.0 Å². The molecule has 0 fully saturated rings. The van der Waals surface area contributed by atoms with Gasteiger partial charge in [-0.25, -0.2) is 4.98 Å².